The van der Waals surface area contributed by atoms with Crippen molar-refractivity contribution >= 4 is 5.97 Å². The third-order valence-electron chi connectivity index (χ3n) is 5.25. The maximum Gasteiger partial charge on any atom is 0.344 e. The zero-order valence-corrected chi connectivity index (χ0v) is 15.7. The second-order valence-electron chi connectivity index (χ2n) is 6.82. The molecule has 0 aliphatic carbocycles. The number of carbonyl (C=O) groups excluding carboxylic acids is 1. The van der Waals surface area contributed by atoms with E-state index in [1.165, 1.54) is 5.56 Å². The van der Waals surface area contributed by atoms with Gasteiger partial charge in [-0.05, 0) is 17.7 Å². The summed E-state index contributed by atoms with van der Waals surface area (Å²) in [6.45, 7) is 4.51. The van der Waals surface area contributed by atoms with Crippen LogP contribution in [0, 0.1) is 0 Å². The van der Waals surface area contributed by atoms with Crippen LogP contribution in [0.5, 0.6) is 11.5 Å². The molecule has 0 radical (unpaired) electrons. The Hall–Kier alpha value is -2.57. The summed E-state index contributed by atoms with van der Waals surface area (Å²) < 4.78 is 16.4. The topological polar surface area (TPSA) is 51.2 Å². The fourth-order valence-electron chi connectivity index (χ4n) is 3.85. The van der Waals surface area contributed by atoms with Crippen LogP contribution in [0.2, 0.25) is 0 Å². The number of cyclic esters (lactones) is 1. The Morgan fingerprint density at radius 1 is 1.00 bits per heavy atom. The third-order valence-corrected chi connectivity index (χ3v) is 5.25. The molecule has 2 aliphatic rings. The molecule has 1 atom stereocenters. The number of carbonyl (C=O) groups is 1. The van der Waals surface area contributed by atoms with Gasteiger partial charge in [-0.25, -0.2) is 4.79 Å². The maximum absolute atomic E-state index is 12.5. The molecule has 0 aromatic heterocycles. The first-order valence-electron chi connectivity index (χ1n) is 9.17. The van der Waals surface area contributed by atoms with Gasteiger partial charge < -0.3 is 14.2 Å². The number of nitrogens with zero attached hydrogens (tertiary/aromatic N) is 2. The standard InChI is InChI=1S/C21H24N2O4/c1-25-17-9-8-16-18(19(17)26-2)21(24)27-20(16)23-12-10-22(11-13-23)14-15-6-4-3-5-7-15/h3-9,20H,10-14H2,1-2H3. The monoisotopic (exact) mass is 368 g/mol. The summed E-state index contributed by atoms with van der Waals surface area (Å²) in [7, 11) is 3.11. The zero-order valence-electron chi connectivity index (χ0n) is 15.7. The van der Waals surface area contributed by atoms with Crippen molar-refractivity contribution in [2.24, 2.45) is 0 Å². The van der Waals surface area contributed by atoms with Crippen molar-refractivity contribution in [2.75, 3.05) is 40.4 Å². The Morgan fingerprint density at radius 2 is 1.74 bits per heavy atom. The predicted molar refractivity (Wildman–Crippen MR) is 101 cm³/mol. The first kappa shape index (κ1) is 17.8. The lowest BCUT2D eigenvalue weighted by molar-refractivity contribution is -0.0419. The van der Waals surface area contributed by atoms with E-state index in [2.05, 4.69) is 34.1 Å². The van der Waals surface area contributed by atoms with Gasteiger partial charge in [0.15, 0.2) is 17.7 Å². The van der Waals surface area contributed by atoms with Crippen LogP contribution in [0.25, 0.3) is 0 Å². The number of ether oxygens (including phenoxy) is 3. The molecule has 2 heterocycles. The highest BCUT2D eigenvalue weighted by molar-refractivity contribution is 5.98. The molecule has 2 aromatic rings. The summed E-state index contributed by atoms with van der Waals surface area (Å²) >= 11 is 0. The third kappa shape index (κ3) is 3.38. The van der Waals surface area contributed by atoms with Gasteiger partial charge in [-0.1, -0.05) is 30.3 Å². The lowest BCUT2D eigenvalue weighted by atomic mass is 10.1. The number of benzene rings is 2. The Kier molecular flexibility index (Phi) is 5.01. The van der Waals surface area contributed by atoms with Crippen molar-refractivity contribution in [3.63, 3.8) is 0 Å². The molecule has 0 spiro atoms. The number of hydrogen-bond acceptors (Lipinski definition) is 6. The van der Waals surface area contributed by atoms with Crippen molar-refractivity contribution in [2.45, 2.75) is 12.8 Å². The molecule has 0 bridgehead atoms. The van der Waals surface area contributed by atoms with Crippen LogP contribution in [0.15, 0.2) is 42.5 Å². The minimum atomic E-state index is -0.355. The molecule has 2 aromatic carbocycles. The van der Waals surface area contributed by atoms with Crippen LogP contribution in [0.3, 0.4) is 0 Å². The van der Waals surface area contributed by atoms with Crippen LogP contribution >= 0.6 is 0 Å². The van der Waals surface area contributed by atoms with Gasteiger partial charge in [0.25, 0.3) is 0 Å². The highest BCUT2D eigenvalue weighted by Gasteiger charge is 2.39. The van der Waals surface area contributed by atoms with Gasteiger partial charge in [0.1, 0.15) is 5.56 Å². The number of rotatable bonds is 5. The van der Waals surface area contributed by atoms with Crippen LogP contribution in [0.4, 0.5) is 0 Å². The fraction of sp³-hybridized carbons (Fsp3) is 0.381. The average Bonchev–Trinajstić information content (AvgIpc) is 3.05. The average molecular weight is 368 g/mol. The maximum atomic E-state index is 12.5. The van der Waals surface area contributed by atoms with Gasteiger partial charge in [-0.3, -0.25) is 9.80 Å². The molecule has 0 amide bonds. The number of methoxy groups -OCH3 is 2. The smallest absolute Gasteiger partial charge is 0.344 e. The highest BCUT2D eigenvalue weighted by atomic mass is 16.6. The number of esters is 1. The van der Waals surface area contributed by atoms with E-state index in [-0.39, 0.29) is 12.2 Å². The molecule has 0 saturated carbocycles. The van der Waals surface area contributed by atoms with Gasteiger partial charge in [-0.2, -0.15) is 0 Å². The number of piperazine rings is 1. The quantitative estimate of drug-likeness (QED) is 0.757. The van der Waals surface area contributed by atoms with E-state index in [9.17, 15) is 4.79 Å². The van der Waals surface area contributed by atoms with E-state index in [1.807, 2.05) is 18.2 Å². The largest absolute Gasteiger partial charge is 0.493 e. The predicted octanol–water partition coefficient (Wildman–Crippen LogP) is 2.69. The molecule has 2 aliphatic heterocycles. The van der Waals surface area contributed by atoms with E-state index in [1.54, 1.807) is 14.2 Å². The van der Waals surface area contributed by atoms with Gasteiger partial charge in [0.05, 0.1) is 14.2 Å². The summed E-state index contributed by atoms with van der Waals surface area (Å²) in [5.41, 5.74) is 2.66. The summed E-state index contributed by atoms with van der Waals surface area (Å²) in [6.07, 6.45) is -0.355. The molecule has 27 heavy (non-hydrogen) atoms. The molecule has 1 saturated heterocycles. The van der Waals surface area contributed by atoms with Gasteiger partial charge in [-0.15, -0.1) is 0 Å². The van der Waals surface area contributed by atoms with Crippen molar-refractivity contribution in [1.29, 1.82) is 0 Å². The molecule has 1 fully saturated rings. The minimum Gasteiger partial charge on any atom is -0.493 e. The van der Waals surface area contributed by atoms with E-state index in [0.29, 0.717) is 17.1 Å². The first-order chi connectivity index (χ1) is 13.2. The summed E-state index contributed by atoms with van der Waals surface area (Å²) in [5, 5.41) is 0. The highest BCUT2D eigenvalue weighted by Crippen LogP contribution is 2.43. The fourth-order valence-corrected chi connectivity index (χ4v) is 3.85. The molecule has 142 valence electrons. The number of fused-ring (bicyclic) bond motifs is 1. The Bertz CT molecular complexity index is 816. The summed E-state index contributed by atoms with van der Waals surface area (Å²) in [4.78, 5) is 17.1. The van der Waals surface area contributed by atoms with Gasteiger partial charge in [0, 0.05) is 38.3 Å². The van der Waals surface area contributed by atoms with Gasteiger partial charge >= 0.3 is 5.97 Å². The van der Waals surface area contributed by atoms with Crippen molar-refractivity contribution in [3.05, 3.63) is 59.2 Å². The van der Waals surface area contributed by atoms with E-state index >= 15 is 0 Å². The number of hydrogen-bond donors (Lipinski definition) is 0. The summed E-state index contributed by atoms with van der Waals surface area (Å²) in [5.74, 6) is 0.643. The Morgan fingerprint density at radius 3 is 2.41 bits per heavy atom. The lowest BCUT2D eigenvalue weighted by Gasteiger charge is -2.37. The van der Waals surface area contributed by atoms with Crippen LogP contribution in [-0.4, -0.2) is 56.2 Å². The second kappa shape index (κ2) is 7.58. The second-order valence-corrected chi connectivity index (χ2v) is 6.82. The van der Waals surface area contributed by atoms with E-state index < -0.39 is 0 Å². The minimum absolute atomic E-state index is 0.350. The molecule has 6 nitrogen and oxygen atoms in total. The van der Waals surface area contributed by atoms with Gasteiger partial charge in [0.2, 0.25) is 0 Å². The molecule has 6 heteroatoms. The Balaban J connectivity index is 1.47. The first-order valence-corrected chi connectivity index (χ1v) is 9.17. The van der Waals surface area contributed by atoms with Crippen molar-refractivity contribution < 1.29 is 19.0 Å². The van der Waals surface area contributed by atoms with Crippen LogP contribution in [0.1, 0.15) is 27.7 Å². The zero-order chi connectivity index (χ0) is 18.8. The molecule has 4 rings (SSSR count). The van der Waals surface area contributed by atoms with Crippen LogP contribution < -0.4 is 9.47 Å². The lowest BCUT2D eigenvalue weighted by Crippen LogP contribution is -2.47. The summed E-state index contributed by atoms with van der Waals surface area (Å²) in [6, 6.07) is 14.2. The van der Waals surface area contributed by atoms with Crippen LogP contribution in [-0.2, 0) is 11.3 Å². The molecule has 1 unspecified atom stereocenters. The molecule has 0 N–H and O–H groups in total. The normalized spacial score (nSPS) is 20.2. The SMILES string of the molecule is COc1ccc2c(c1OC)C(=O)OC2N1CCN(Cc2ccccc2)CC1. The van der Waals surface area contributed by atoms with Crippen molar-refractivity contribution in [3.8, 4) is 11.5 Å². The van der Waals surface area contributed by atoms with Crippen molar-refractivity contribution in [1.82, 2.24) is 9.80 Å². The Labute approximate surface area is 159 Å². The molecular formula is C21H24N2O4. The van der Waals surface area contributed by atoms with E-state index in [0.717, 1.165) is 38.3 Å². The molecular weight excluding hydrogens is 344 g/mol. The van der Waals surface area contributed by atoms with E-state index in [4.69, 9.17) is 14.2 Å².